The zero-order valence-corrected chi connectivity index (χ0v) is 26.3. The number of likely N-dealkylation sites (N-methyl/N-ethyl adjacent to an activating group) is 1. The second kappa shape index (κ2) is 11.6. The van der Waals surface area contributed by atoms with Crippen molar-refractivity contribution in [3.05, 3.63) is 89.5 Å². The second-order valence-electron chi connectivity index (χ2n) is 12.3. The maximum atomic E-state index is 17.0. The summed E-state index contributed by atoms with van der Waals surface area (Å²) in [5, 5.41) is 1.63. The van der Waals surface area contributed by atoms with Crippen LogP contribution >= 0.6 is 11.6 Å². The Bertz CT molecular complexity index is 2080. The normalized spacial score (nSPS) is 18.8. The van der Waals surface area contributed by atoms with Crippen LogP contribution in [0.4, 0.5) is 14.6 Å². The Balaban J connectivity index is 1.43. The highest BCUT2D eigenvalue weighted by atomic mass is 35.5. The summed E-state index contributed by atoms with van der Waals surface area (Å²) in [6, 6.07) is 11.5. The number of hydrogen-bond acceptors (Lipinski definition) is 5. The molecule has 46 heavy (non-hydrogen) atoms. The number of fused-ring (bicyclic) bond motifs is 4. The molecule has 8 nitrogen and oxygen atoms in total. The predicted octanol–water partition coefficient (Wildman–Crippen LogP) is 6.72. The monoisotopic (exact) mass is 639 g/mol. The highest BCUT2D eigenvalue weighted by Gasteiger charge is 2.36. The van der Waals surface area contributed by atoms with Crippen molar-refractivity contribution in [2.24, 2.45) is 0 Å². The van der Waals surface area contributed by atoms with E-state index in [4.69, 9.17) is 28.1 Å². The zero-order chi connectivity index (χ0) is 32.3. The lowest BCUT2D eigenvalue weighted by molar-refractivity contribution is -0.129. The van der Waals surface area contributed by atoms with E-state index in [0.717, 1.165) is 0 Å². The van der Waals surface area contributed by atoms with Gasteiger partial charge in [-0.1, -0.05) is 48.5 Å². The van der Waals surface area contributed by atoms with Crippen LogP contribution in [0.1, 0.15) is 18.9 Å². The van der Waals surface area contributed by atoms with E-state index in [2.05, 4.69) is 21.2 Å². The average molecular weight is 640 g/mol. The molecule has 2 fully saturated rings. The molecule has 0 radical (unpaired) electrons. The van der Waals surface area contributed by atoms with Crippen molar-refractivity contribution < 1.29 is 13.6 Å². The molecule has 0 bridgehead atoms. The first kappa shape index (κ1) is 30.1. The van der Waals surface area contributed by atoms with Gasteiger partial charge < -0.3 is 24.1 Å². The molecule has 2 aliphatic heterocycles. The second-order valence-corrected chi connectivity index (χ2v) is 12.7. The van der Waals surface area contributed by atoms with Gasteiger partial charge in [0.25, 0.3) is 0 Å². The number of halogens is 3. The molecular formula is C35H32ClF2N7O. The Labute approximate surface area is 270 Å². The van der Waals surface area contributed by atoms with E-state index in [1.807, 2.05) is 18.7 Å². The summed E-state index contributed by atoms with van der Waals surface area (Å²) in [6.45, 7) is 13.2. The molecule has 11 heteroatoms. The highest BCUT2D eigenvalue weighted by Crippen LogP contribution is 2.44. The van der Waals surface area contributed by atoms with Gasteiger partial charge in [-0.3, -0.25) is 4.79 Å². The lowest BCUT2D eigenvalue weighted by Gasteiger charge is -2.43. The molecule has 1 amide bonds. The van der Waals surface area contributed by atoms with Crippen molar-refractivity contribution in [1.82, 2.24) is 24.3 Å². The first-order chi connectivity index (χ1) is 22.2. The van der Waals surface area contributed by atoms with Crippen molar-refractivity contribution >= 4 is 56.0 Å². The summed E-state index contributed by atoms with van der Waals surface area (Å²) in [7, 11) is 4.06. The molecule has 7 rings (SSSR count). The Hall–Kier alpha value is -4.59. The van der Waals surface area contributed by atoms with Gasteiger partial charge in [-0.25, -0.2) is 25.3 Å². The van der Waals surface area contributed by atoms with E-state index < -0.39 is 11.6 Å². The molecule has 2 atom stereocenters. The van der Waals surface area contributed by atoms with Crippen LogP contribution < -0.4 is 4.90 Å². The molecule has 2 aromatic heterocycles. The van der Waals surface area contributed by atoms with Crippen LogP contribution in [0.2, 0.25) is 5.02 Å². The van der Waals surface area contributed by atoms with Gasteiger partial charge in [-0.05, 0) is 56.1 Å². The van der Waals surface area contributed by atoms with Crippen molar-refractivity contribution in [3.8, 4) is 11.1 Å². The summed E-state index contributed by atoms with van der Waals surface area (Å²) in [5.41, 5.74) is 2.15. The summed E-state index contributed by atoms with van der Waals surface area (Å²) in [5.74, 6) is -0.583. The number of amides is 1. The Morgan fingerprint density at radius 2 is 1.91 bits per heavy atom. The Kier molecular flexibility index (Phi) is 7.62. The SMILES string of the molecule is [C-]#[N+]C[C@@H]1C[C@@H](n2cnc3c(N4CC(N(C)C)C4)nc4c(F)c(-c5ccc(F)c6ccccc56)c(Cl)cc4c32)CCN1C(=O)C=C. The molecule has 5 aromatic rings. The van der Waals surface area contributed by atoms with Crippen LogP contribution in [0.15, 0.2) is 61.4 Å². The van der Waals surface area contributed by atoms with Gasteiger partial charge in [0.05, 0.1) is 16.9 Å². The number of likely N-dealkylation sites (tertiary alicyclic amines) is 1. The number of nitrogens with zero attached hydrogens (tertiary/aromatic N) is 7. The van der Waals surface area contributed by atoms with E-state index in [9.17, 15) is 9.18 Å². The molecule has 2 aliphatic rings. The molecule has 4 heterocycles. The summed E-state index contributed by atoms with van der Waals surface area (Å²) >= 11 is 6.92. The number of aromatic nitrogens is 3. The number of imidazole rings is 1. The predicted molar refractivity (Wildman–Crippen MR) is 178 cm³/mol. The first-order valence-electron chi connectivity index (χ1n) is 15.2. The number of hydrogen-bond donors (Lipinski definition) is 0. The van der Waals surface area contributed by atoms with Crippen LogP contribution in [-0.4, -0.2) is 82.6 Å². The van der Waals surface area contributed by atoms with Gasteiger partial charge in [0.15, 0.2) is 11.6 Å². The van der Waals surface area contributed by atoms with Crippen LogP contribution in [0.25, 0.3) is 48.7 Å². The Morgan fingerprint density at radius 3 is 2.63 bits per heavy atom. The first-order valence-corrected chi connectivity index (χ1v) is 15.6. The van der Waals surface area contributed by atoms with E-state index in [1.54, 1.807) is 47.6 Å². The number of benzene rings is 3. The van der Waals surface area contributed by atoms with E-state index in [-0.39, 0.29) is 40.6 Å². The van der Waals surface area contributed by atoms with Crippen molar-refractivity contribution in [3.63, 3.8) is 0 Å². The van der Waals surface area contributed by atoms with Gasteiger partial charge >= 0.3 is 0 Å². The quantitative estimate of drug-likeness (QED) is 0.152. The van der Waals surface area contributed by atoms with Crippen LogP contribution in [0.3, 0.4) is 0 Å². The number of carbonyl (C=O) groups is 1. The number of pyridine rings is 1. The molecule has 2 saturated heterocycles. The highest BCUT2D eigenvalue weighted by molar-refractivity contribution is 6.35. The lowest BCUT2D eigenvalue weighted by atomic mass is 9.95. The molecule has 3 aromatic carbocycles. The molecule has 0 unspecified atom stereocenters. The molecular weight excluding hydrogens is 608 g/mol. The van der Waals surface area contributed by atoms with Gasteiger partial charge in [0.1, 0.15) is 22.9 Å². The van der Waals surface area contributed by atoms with Crippen LogP contribution in [0, 0.1) is 18.2 Å². The third-order valence-corrected chi connectivity index (χ3v) is 9.84. The number of carbonyl (C=O) groups excluding carboxylic acids is 1. The van der Waals surface area contributed by atoms with Crippen LogP contribution in [0.5, 0.6) is 0 Å². The standard InChI is InChI=1S/C35H32ClF2N7O/c1-5-29(46)44-13-12-20(14-21(44)16-39-2)45-19-40-33-34(45)26-15-27(36)30(25-10-11-28(37)24-9-7-6-8-23(24)25)31(38)32(26)41-35(33)43-17-22(18-43)42(3)4/h5-11,15,19-22H,1,12-14,16-18H2,3-4H3/t20-,21-/m0/s1. The number of rotatable bonds is 6. The molecule has 0 aliphatic carbocycles. The van der Waals surface area contributed by atoms with Crippen molar-refractivity contribution in [1.29, 1.82) is 0 Å². The number of piperidine rings is 1. The number of anilines is 1. The van der Waals surface area contributed by atoms with E-state index in [0.29, 0.717) is 77.1 Å². The molecule has 234 valence electrons. The summed E-state index contributed by atoms with van der Waals surface area (Å²) in [6.07, 6.45) is 4.21. The third-order valence-electron chi connectivity index (χ3n) is 9.54. The van der Waals surface area contributed by atoms with Gasteiger partial charge in [-0.15, -0.1) is 0 Å². The minimum Gasteiger partial charge on any atom is -0.351 e. The van der Waals surface area contributed by atoms with Crippen molar-refractivity contribution in [2.75, 3.05) is 45.2 Å². The van der Waals surface area contributed by atoms with Gasteiger partial charge in [0, 0.05) is 48.1 Å². The fourth-order valence-corrected chi connectivity index (χ4v) is 7.29. The Morgan fingerprint density at radius 1 is 1.15 bits per heavy atom. The van der Waals surface area contributed by atoms with Gasteiger partial charge in [-0.2, -0.15) is 0 Å². The van der Waals surface area contributed by atoms with Crippen LogP contribution in [-0.2, 0) is 4.79 Å². The van der Waals surface area contributed by atoms with Gasteiger partial charge in [0.2, 0.25) is 12.5 Å². The average Bonchev–Trinajstić information content (AvgIpc) is 3.47. The van der Waals surface area contributed by atoms with E-state index >= 15 is 4.39 Å². The maximum Gasteiger partial charge on any atom is 0.246 e. The molecule has 0 N–H and O–H groups in total. The fraction of sp³-hybridized carbons (Fsp3) is 0.314. The minimum absolute atomic E-state index is 0.0995. The zero-order valence-electron chi connectivity index (χ0n) is 25.6. The summed E-state index contributed by atoms with van der Waals surface area (Å²) in [4.78, 5) is 31.9. The van der Waals surface area contributed by atoms with E-state index in [1.165, 1.54) is 12.1 Å². The lowest BCUT2D eigenvalue weighted by Crippen LogP contribution is -2.57. The smallest absolute Gasteiger partial charge is 0.246 e. The largest absolute Gasteiger partial charge is 0.351 e. The topological polar surface area (TPSA) is 61.9 Å². The van der Waals surface area contributed by atoms with Crippen molar-refractivity contribution in [2.45, 2.75) is 31.0 Å². The maximum absolute atomic E-state index is 17.0. The molecule has 0 spiro atoms. The third kappa shape index (κ3) is 4.77. The summed E-state index contributed by atoms with van der Waals surface area (Å²) < 4.78 is 33.8. The molecule has 0 saturated carbocycles. The minimum atomic E-state index is -0.586. The fourth-order valence-electron chi connectivity index (χ4n) is 7.00.